The highest BCUT2D eigenvalue weighted by atomic mass is 16.5. The lowest BCUT2D eigenvalue weighted by Crippen LogP contribution is -2.20. The number of aryl methyl sites for hydroxylation is 5. The first-order chi connectivity index (χ1) is 34.1. The van der Waals surface area contributed by atoms with Crippen LogP contribution in [0, 0.1) is 5.92 Å². The molecule has 0 radical (unpaired) electrons. The van der Waals surface area contributed by atoms with Gasteiger partial charge < -0.3 is 56.8 Å². The van der Waals surface area contributed by atoms with Crippen LogP contribution in [0.1, 0.15) is 56.8 Å². The molecule has 0 aliphatic heterocycles. The summed E-state index contributed by atoms with van der Waals surface area (Å²) >= 11 is 0. The van der Waals surface area contributed by atoms with Gasteiger partial charge in [-0.2, -0.15) is 0 Å². The maximum absolute atomic E-state index is 5.86. The van der Waals surface area contributed by atoms with Crippen molar-refractivity contribution in [3.63, 3.8) is 0 Å². The number of benzene rings is 6. The maximum atomic E-state index is 5.86. The quantitative estimate of drug-likeness (QED) is 0.0490. The van der Waals surface area contributed by atoms with Crippen LogP contribution in [0.4, 0.5) is 0 Å². The molecule has 0 aromatic heterocycles. The summed E-state index contributed by atoms with van der Waals surface area (Å²) in [5.41, 5.74) is 9.31. The molecule has 12 nitrogen and oxygen atoms in total. The van der Waals surface area contributed by atoms with E-state index in [0.29, 0.717) is 75.4 Å². The Kier molecular flexibility index (Phi) is 19.1. The van der Waals surface area contributed by atoms with Gasteiger partial charge in [-0.05, 0) is 156 Å². The third-order valence-corrected chi connectivity index (χ3v) is 13.1. The molecule has 374 valence electrons. The fourth-order valence-corrected chi connectivity index (χ4v) is 9.36. The normalized spacial score (nSPS) is 11.8. The van der Waals surface area contributed by atoms with Crippen molar-refractivity contribution in [2.75, 3.05) is 85.3 Å². The monoisotopic (exact) mass is 958 g/mol. The highest BCUT2D eigenvalue weighted by Crippen LogP contribution is 2.45. The maximum Gasteiger partial charge on any atom is 0.203 e. The zero-order valence-electron chi connectivity index (χ0n) is 42.9. The van der Waals surface area contributed by atoms with E-state index in [1.807, 2.05) is 24.3 Å². The van der Waals surface area contributed by atoms with Crippen molar-refractivity contribution >= 4 is 0 Å². The van der Waals surface area contributed by atoms with Crippen LogP contribution in [-0.4, -0.2) is 85.3 Å². The minimum absolute atomic E-state index is 0.0591. The molecular formula is C58H70O12. The lowest BCUT2D eigenvalue weighted by Gasteiger charge is -2.29. The van der Waals surface area contributed by atoms with Crippen LogP contribution in [-0.2, 0) is 44.9 Å². The minimum Gasteiger partial charge on any atom is -0.493 e. The summed E-state index contributed by atoms with van der Waals surface area (Å²) in [6.45, 7) is 0. The smallest absolute Gasteiger partial charge is 0.203 e. The number of ether oxygens (including phenoxy) is 12. The Morgan fingerprint density at radius 3 is 0.829 bits per heavy atom. The Morgan fingerprint density at radius 1 is 0.271 bits per heavy atom. The predicted molar refractivity (Wildman–Crippen MR) is 274 cm³/mol. The van der Waals surface area contributed by atoms with Crippen LogP contribution in [0.25, 0.3) is 0 Å². The standard InChI is InChI=1S/C58H70O12/c1-59-47-29-40(30-48(60-2)55(47)67-9)19-17-37-13-15-38(16-14-37)23-26-45(27-42-33-51(63-5)57(69-11)52(34-42)64-6)46(28-43-35-53(65-7)58(70-12)54(36-43)66-8)44-24-21-39(22-25-44)18-20-41-31-49(61-3)56(68-10)50(32-41)62-4/h13-16,21-22,24-25,29-36,45-46H,17-20,23,26-28H2,1-12H3/t45-,46+/m0/s1. The number of rotatable bonds is 27. The van der Waals surface area contributed by atoms with E-state index >= 15 is 0 Å². The van der Waals surface area contributed by atoms with Gasteiger partial charge in [-0.3, -0.25) is 0 Å². The zero-order valence-corrected chi connectivity index (χ0v) is 42.9. The van der Waals surface area contributed by atoms with Crippen molar-refractivity contribution in [2.24, 2.45) is 5.92 Å². The molecule has 0 bridgehead atoms. The topological polar surface area (TPSA) is 111 Å². The van der Waals surface area contributed by atoms with Crippen LogP contribution in [0.3, 0.4) is 0 Å². The van der Waals surface area contributed by atoms with Crippen molar-refractivity contribution in [2.45, 2.75) is 57.3 Å². The Hall–Kier alpha value is -7.08. The summed E-state index contributed by atoms with van der Waals surface area (Å²) < 4.78 is 68.5. The van der Waals surface area contributed by atoms with E-state index in [0.717, 1.165) is 67.2 Å². The molecule has 0 fully saturated rings. The molecule has 6 rings (SSSR count). The van der Waals surface area contributed by atoms with Crippen LogP contribution in [0.2, 0.25) is 0 Å². The molecule has 2 atom stereocenters. The molecule has 6 aromatic carbocycles. The van der Waals surface area contributed by atoms with E-state index in [4.69, 9.17) is 56.8 Å². The Bertz CT molecular complexity index is 2510. The van der Waals surface area contributed by atoms with Crippen LogP contribution >= 0.6 is 0 Å². The van der Waals surface area contributed by atoms with Gasteiger partial charge in [0.1, 0.15) is 0 Å². The fourth-order valence-electron chi connectivity index (χ4n) is 9.36. The average Bonchev–Trinajstić information content (AvgIpc) is 3.41. The number of hydrogen-bond acceptors (Lipinski definition) is 12. The zero-order chi connectivity index (χ0) is 50.2. The first-order valence-electron chi connectivity index (χ1n) is 23.4. The van der Waals surface area contributed by atoms with Crippen molar-refractivity contribution < 1.29 is 56.8 Å². The van der Waals surface area contributed by atoms with Crippen LogP contribution in [0.5, 0.6) is 69.0 Å². The molecule has 0 amide bonds. The summed E-state index contributed by atoms with van der Waals surface area (Å²) in [5.74, 6) is 7.56. The van der Waals surface area contributed by atoms with Crippen molar-refractivity contribution in [3.8, 4) is 69.0 Å². The van der Waals surface area contributed by atoms with Gasteiger partial charge in [-0.15, -0.1) is 0 Å². The molecule has 0 spiro atoms. The summed E-state index contributed by atoms with van der Waals surface area (Å²) in [6, 6.07) is 34.4. The minimum atomic E-state index is 0.0591. The largest absolute Gasteiger partial charge is 0.493 e. The van der Waals surface area contributed by atoms with E-state index in [-0.39, 0.29) is 11.8 Å². The van der Waals surface area contributed by atoms with E-state index < -0.39 is 0 Å². The molecule has 12 heteroatoms. The molecule has 0 aliphatic carbocycles. The fraction of sp³-hybridized carbons (Fsp3) is 0.379. The summed E-state index contributed by atoms with van der Waals surface area (Å²) in [5, 5.41) is 0. The van der Waals surface area contributed by atoms with Gasteiger partial charge in [0.15, 0.2) is 46.0 Å². The van der Waals surface area contributed by atoms with Crippen molar-refractivity contribution in [1.82, 2.24) is 0 Å². The lowest BCUT2D eigenvalue weighted by molar-refractivity contribution is 0.321. The summed E-state index contributed by atoms with van der Waals surface area (Å²) in [6.07, 6.45) is 6.48. The summed E-state index contributed by atoms with van der Waals surface area (Å²) in [4.78, 5) is 0. The van der Waals surface area contributed by atoms with Crippen molar-refractivity contribution in [1.29, 1.82) is 0 Å². The Balaban J connectivity index is 1.34. The van der Waals surface area contributed by atoms with E-state index in [1.54, 1.807) is 85.3 Å². The van der Waals surface area contributed by atoms with E-state index in [9.17, 15) is 0 Å². The van der Waals surface area contributed by atoms with Crippen LogP contribution in [0.15, 0.2) is 97.1 Å². The molecule has 0 N–H and O–H groups in total. The van der Waals surface area contributed by atoms with Gasteiger partial charge in [0.25, 0.3) is 0 Å². The SMILES string of the molecule is COc1cc(CCc2ccc(CC[C@@H](Cc3cc(OC)c(OC)c(OC)c3)[C@H](Cc3cc(OC)c(OC)c(OC)c3)c3ccc(CCc4cc(OC)c(OC)c(OC)c4)cc3)cc2)cc(OC)c1OC. The van der Waals surface area contributed by atoms with Gasteiger partial charge in [0.2, 0.25) is 23.0 Å². The first kappa shape index (κ1) is 52.3. The van der Waals surface area contributed by atoms with E-state index in [2.05, 4.69) is 72.8 Å². The highest BCUT2D eigenvalue weighted by molar-refractivity contribution is 5.57. The second kappa shape index (κ2) is 25.5. The van der Waals surface area contributed by atoms with Gasteiger partial charge in [0.05, 0.1) is 85.3 Å². The van der Waals surface area contributed by atoms with Crippen molar-refractivity contribution in [3.05, 3.63) is 142 Å². The van der Waals surface area contributed by atoms with E-state index in [1.165, 1.54) is 22.3 Å². The van der Waals surface area contributed by atoms with Crippen LogP contribution < -0.4 is 56.8 Å². The molecule has 0 saturated heterocycles. The molecule has 0 heterocycles. The van der Waals surface area contributed by atoms with Gasteiger partial charge in [-0.25, -0.2) is 0 Å². The second-order valence-electron chi connectivity index (χ2n) is 17.0. The first-order valence-corrected chi connectivity index (χ1v) is 23.4. The lowest BCUT2D eigenvalue weighted by atomic mass is 9.75. The average molecular weight is 959 g/mol. The number of methoxy groups -OCH3 is 12. The number of hydrogen-bond donors (Lipinski definition) is 0. The molecule has 0 aliphatic rings. The molecule has 0 saturated carbocycles. The molecular weight excluding hydrogens is 889 g/mol. The third kappa shape index (κ3) is 12.6. The van der Waals surface area contributed by atoms with Gasteiger partial charge >= 0.3 is 0 Å². The van der Waals surface area contributed by atoms with Gasteiger partial charge in [0, 0.05) is 0 Å². The summed E-state index contributed by atoms with van der Waals surface area (Å²) in [7, 11) is 19.7. The Labute approximate surface area is 414 Å². The molecule has 0 unspecified atom stereocenters. The Morgan fingerprint density at radius 2 is 0.529 bits per heavy atom. The molecule has 70 heavy (non-hydrogen) atoms. The third-order valence-electron chi connectivity index (χ3n) is 13.1. The highest BCUT2D eigenvalue weighted by Gasteiger charge is 2.27. The van der Waals surface area contributed by atoms with Gasteiger partial charge in [-0.1, -0.05) is 48.5 Å². The molecule has 6 aromatic rings. The second-order valence-corrected chi connectivity index (χ2v) is 17.0. The predicted octanol–water partition coefficient (Wildman–Crippen LogP) is 11.2.